The van der Waals surface area contributed by atoms with Gasteiger partial charge in [-0.15, -0.1) is 0 Å². The van der Waals surface area contributed by atoms with Gasteiger partial charge in [-0.25, -0.2) is 0 Å². The van der Waals surface area contributed by atoms with E-state index in [4.69, 9.17) is 4.74 Å². The number of carbonyl (C=O) groups is 2. The quantitative estimate of drug-likeness (QED) is 0.0321. The van der Waals surface area contributed by atoms with Crippen molar-refractivity contribution in [2.75, 3.05) is 13.2 Å². The number of aliphatic hydroxyl groups is 2. The fraction of sp³-hybridized carbons (Fsp3) is 0.902. The molecule has 1 amide bonds. The van der Waals surface area contributed by atoms with Crippen molar-refractivity contribution in [2.45, 2.75) is 341 Å². The molecule has 0 saturated heterocycles. The molecular weight excluding hydrogens is 827 g/mol. The molecule has 0 heterocycles. The molecule has 0 aliphatic carbocycles. The Hall–Kier alpha value is -1.66. The molecule has 396 valence electrons. The summed E-state index contributed by atoms with van der Waals surface area (Å²) >= 11 is 0. The predicted octanol–water partition coefficient (Wildman–Crippen LogP) is 18.6. The molecule has 0 aliphatic heterocycles. The highest BCUT2D eigenvalue weighted by Gasteiger charge is 2.18. The number of nitrogens with one attached hydrogen (secondary N) is 1. The van der Waals surface area contributed by atoms with Crippen LogP contribution in [-0.4, -0.2) is 47.4 Å². The summed E-state index contributed by atoms with van der Waals surface area (Å²) in [7, 11) is 0. The molecule has 6 heteroatoms. The van der Waals surface area contributed by atoms with Crippen LogP contribution in [0.3, 0.4) is 0 Å². The van der Waals surface area contributed by atoms with Gasteiger partial charge in [-0.05, 0) is 57.8 Å². The van der Waals surface area contributed by atoms with Crippen LogP contribution in [0.15, 0.2) is 24.3 Å². The van der Waals surface area contributed by atoms with Crippen LogP contribution in [0.5, 0.6) is 0 Å². The Morgan fingerprint density at radius 2 is 0.701 bits per heavy atom. The van der Waals surface area contributed by atoms with Gasteiger partial charge >= 0.3 is 5.97 Å². The number of ether oxygens (including phenoxy) is 1. The second-order valence-corrected chi connectivity index (χ2v) is 20.7. The minimum Gasteiger partial charge on any atom is -0.466 e. The first-order valence-electron chi connectivity index (χ1n) is 30.1. The second-order valence-electron chi connectivity index (χ2n) is 20.7. The Morgan fingerprint density at radius 1 is 0.403 bits per heavy atom. The number of rotatable bonds is 56. The normalized spacial score (nSPS) is 12.7. The number of hydrogen-bond donors (Lipinski definition) is 3. The lowest BCUT2D eigenvalue weighted by molar-refractivity contribution is -0.143. The molecule has 67 heavy (non-hydrogen) atoms. The highest BCUT2D eigenvalue weighted by Crippen LogP contribution is 2.17. The summed E-state index contributed by atoms with van der Waals surface area (Å²) in [6, 6.07) is -0.625. The third kappa shape index (κ3) is 53.5. The lowest BCUT2D eigenvalue weighted by Crippen LogP contribution is -2.45. The van der Waals surface area contributed by atoms with E-state index in [9.17, 15) is 19.8 Å². The Morgan fingerprint density at radius 3 is 1.06 bits per heavy atom. The number of allylic oxidation sites excluding steroid dienone is 3. The summed E-state index contributed by atoms with van der Waals surface area (Å²) in [5.74, 6) is -0.0603. The maximum atomic E-state index is 12.4. The molecule has 0 aromatic carbocycles. The SMILES string of the molecule is CCCCCCC/C=C\CCCCCCCC(=O)OCCCCCCCCCCCCCCCCCCCCCCCCCCC(=O)NC(CO)C(O)/C=C/CCCCCCCCCCCC. The van der Waals surface area contributed by atoms with Crippen LogP contribution in [0.1, 0.15) is 328 Å². The van der Waals surface area contributed by atoms with Gasteiger partial charge in [0.1, 0.15) is 0 Å². The maximum absolute atomic E-state index is 12.4. The molecule has 0 aliphatic rings. The summed E-state index contributed by atoms with van der Waals surface area (Å²) in [6.45, 7) is 4.90. The van der Waals surface area contributed by atoms with E-state index >= 15 is 0 Å². The van der Waals surface area contributed by atoms with Gasteiger partial charge in [-0.1, -0.05) is 282 Å². The molecule has 0 bridgehead atoms. The van der Waals surface area contributed by atoms with E-state index in [1.54, 1.807) is 6.08 Å². The minimum absolute atomic E-state index is 0.00648. The summed E-state index contributed by atoms with van der Waals surface area (Å²) in [6.07, 6.45) is 69.3. The summed E-state index contributed by atoms with van der Waals surface area (Å²) in [5.41, 5.74) is 0. The van der Waals surface area contributed by atoms with Gasteiger partial charge < -0.3 is 20.3 Å². The van der Waals surface area contributed by atoms with Crippen LogP contribution in [0.4, 0.5) is 0 Å². The van der Waals surface area contributed by atoms with Crippen molar-refractivity contribution in [3.05, 3.63) is 24.3 Å². The third-order valence-corrected chi connectivity index (χ3v) is 14.0. The van der Waals surface area contributed by atoms with Crippen molar-refractivity contribution in [1.82, 2.24) is 5.32 Å². The average molecular weight is 945 g/mol. The fourth-order valence-electron chi connectivity index (χ4n) is 9.34. The van der Waals surface area contributed by atoms with Crippen molar-refractivity contribution < 1.29 is 24.5 Å². The molecule has 0 saturated carbocycles. The Kier molecular flexibility index (Phi) is 55.5. The van der Waals surface area contributed by atoms with Gasteiger partial charge in [-0.2, -0.15) is 0 Å². The average Bonchev–Trinajstić information content (AvgIpc) is 3.33. The first-order valence-corrected chi connectivity index (χ1v) is 30.1. The molecule has 0 rings (SSSR count). The van der Waals surface area contributed by atoms with Crippen molar-refractivity contribution >= 4 is 11.9 Å². The zero-order valence-corrected chi connectivity index (χ0v) is 45.1. The van der Waals surface area contributed by atoms with E-state index in [1.165, 1.54) is 257 Å². The summed E-state index contributed by atoms with van der Waals surface area (Å²) < 4.78 is 5.48. The summed E-state index contributed by atoms with van der Waals surface area (Å²) in [4.78, 5) is 24.5. The standard InChI is InChI=1S/C61H117NO5/c1-3-5-7-9-11-13-15-17-31-35-39-43-47-51-55-61(66)67-56-52-48-44-40-36-32-29-27-25-23-21-19-18-20-22-24-26-28-30-34-38-42-46-50-54-60(65)62-58(57-63)59(64)53-49-45-41-37-33-16-14-12-10-8-6-4-2/h15,17,49,53,58-59,63-64H,3-14,16,18-48,50-52,54-57H2,1-2H3,(H,62,65)/b17-15-,53-49+. The van der Waals surface area contributed by atoms with E-state index in [-0.39, 0.29) is 18.5 Å². The number of amides is 1. The number of aliphatic hydroxyl groups excluding tert-OH is 2. The largest absolute Gasteiger partial charge is 0.466 e. The monoisotopic (exact) mass is 944 g/mol. The van der Waals surface area contributed by atoms with Crippen molar-refractivity contribution in [2.24, 2.45) is 0 Å². The van der Waals surface area contributed by atoms with Crippen LogP contribution in [-0.2, 0) is 14.3 Å². The smallest absolute Gasteiger partial charge is 0.305 e. The zero-order chi connectivity index (χ0) is 48.6. The topological polar surface area (TPSA) is 95.9 Å². The zero-order valence-electron chi connectivity index (χ0n) is 45.1. The van der Waals surface area contributed by atoms with Gasteiger partial charge in [0, 0.05) is 12.8 Å². The predicted molar refractivity (Wildman–Crippen MR) is 292 cm³/mol. The molecular formula is C61H117NO5. The number of unbranched alkanes of at least 4 members (excludes halogenated alkanes) is 43. The van der Waals surface area contributed by atoms with Gasteiger partial charge in [0.25, 0.3) is 0 Å². The molecule has 2 atom stereocenters. The van der Waals surface area contributed by atoms with Crippen LogP contribution in [0.2, 0.25) is 0 Å². The third-order valence-electron chi connectivity index (χ3n) is 14.0. The minimum atomic E-state index is -0.842. The van der Waals surface area contributed by atoms with E-state index in [2.05, 4.69) is 31.3 Å². The first-order chi connectivity index (χ1) is 33.0. The molecule has 0 radical (unpaired) electrons. The molecule has 6 nitrogen and oxygen atoms in total. The van der Waals surface area contributed by atoms with Gasteiger partial charge in [0.15, 0.2) is 0 Å². The second kappa shape index (κ2) is 56.9. The maximum Gasteiger partial charge on any atom is 0.305 e. The van der Waals surface area contributed by atoms with E-state index in [0.717, 1.165) is 44.9 Å². The number of hydrogen-bond acceptors (Lipinski definition) is 5. The number of esters is 1. The van der Waals surface area contributed by atoms with Crippen LogP contribution < -0.4 is 5.32 Å². The fourth-order valence-corrected chi connectivity index (χ4v) is 9.34. The van der Waals surface area contributed by atoms with E-state index in [1.807, 2.05) is 6.08 Å². The highest BCUT2D eigenvalue weighted by atomic mass is 16.5. The van der Waals surface area contributed by atoms with Gasteiger partial charge in [0.05, 0.1) is 25.4 Å². The van der Waals surface area contributed by atoms with Gasteiger partial charge in [-0.3, -0.25) is 9.59 Å². The Labute approximate surface area is 418 Å². The van der Waals surface area contributed by atoms with Crippen LogP contribution in [0, 0.1) is 0 Å². The van der Waals surface area contributed by atoms with E-state index < -0.39 is 12.1 Å². The van der Waals surface area contributed by atoms with Crippen molar-refractivity contribution in [1.29, 1.82) is 0 Å². The first kappa shape index (κ1) is 65.3. The molecule has 0 aromatic heterocycles. The van der Waals surface area contributed by atoms with Crippen LogP contribution >= 0.6 is 0 Å². The lowest BCUT2D eigenvalue weighted by Gasteiger charge is -2.20. The molecule has 3 N–H and O–H groups in total. The molecule has 2 unspecified atom stereocenters. The molecule has 0 aromatic rings. The molecule has 0 spiro atoms. The Balaban J connectivity index is 3.37. The highest BCUT2D eigenvalue weighted by molar-refractivity contribution is 5.76. The van der Waals surface area contributed by atoms with Crippen molar-refractivity contribution in [3.8, 4) is 0 Å². The molecule has 0 fully saturated rings. The Bertz CT molecular complexity index is 1040. The lowest BCUT2D eigenvalue weighted by atomic mass is 10.0. The van der Waals surface area contributed by atoms with Gasteiger partial charge in [0.2, 0.25) is 5.91 Å². The number of carbonyl (C=O) groups excluding carboxylic acids is 2. The van der Waals surface area contributed by atoms with Crippen LogP contribution in [0.25, 0.3) is 0 Å². The van der Waals surface area contributed by atoms with Crippen molar-refractivity contribution in [3.63, 3.8) is 0 Å². The summed E-state index contributed by atoms with van der Waals surface area (Å²) in [5, 5.41) is 23.0. The van der Waals surface area contributed by atoms with E-state index in [0.29, 0.717) is 19.4 Å².